The van der Waals surface area contributed by atoms with Gasteiger partial charge in [-0.1, -0.05) is 6.92 Å². The quantitative estimate of drug-likeness (QED) is 0.853. The van der Waals surface area contributed by atoms with E-state index in [0.717, 1.165) is 0 Å². The molecule has 2 N–H and O–H groups in total. The Balaban J connectivity index is 2.46. The zero-order valence-corrected chi connectivity index (χ0v) is 12.9. The van der Waals surface area contributed by atoms with Gasteiger partial charge in [0.05, 0.1) is 20.3 Å². The third kappa shape index (κ3) is 2.89. The number of pyridine rings is 1. The van der Waals surface area contributed by atoms with Crippen LogP contribution in [0.4, 0.5) is 0 Å². The molecule has 1 aliphatic heterocycles. The van der Waals surface area contributed by atoms with Gasteiger partial charge in [0, 0.05) is 11.8 Å². The molecule has 0 unspecified atom stereocenters. The molecule has 0 aliphatic carbocycles. The minimum atomic E-state index is -1.28. The van der Waals surface area contributed by atoms with Crippen LogP contribution >= 0.6 is 0 Å². The first-order valence-corrected chi connectivity index (χ1v) is 7.05. The third-order valence-corrected chi connectivity index (χ3v) is 3.91. The highest BCUT2D eigenvalue weighted by Gasteiger charge is 2.47. The van der Waals surface area contributed by atoms with Crippen LogP contribution in [0, 0.1) is 0 Å². The summed E-state index contributed by atoms with van der Waals surface area (Å²) in [5, 5.41) is 20.8. The predicted octanol–water partition coefficient (Wildman–Crippen LogP) is 1.33. The lowest BCUT2D eigenvalue weighted by Gasteiger charge is -2.34. The Labute approximate surface area is 124 Å². The lowest BCUT2D eigenvalue weighted by Crippen LogP contribution is -2.42. The number of ether oxygens (including phenoxy) is 3. The SMILES string of the molecule is CC[C@@](O)(c1ccnc(OC)c1CO)[C@H]1COC(C)(C)O1. The first kappa shape index (κ1) is 16.2. The van der Waals surface area contributed by atoms with Crippen LogP contribution in [-0.2, 0) is 21.7 Å². The molecule has 6 nitrogen and oxygen atoms in total. The molecule has 0 saturated carbocycles. The average molecular weight is 297 g/mol. The minimum absolute atomic E-state index is 0.272. The van der Waals surface area contributed by atoms with Crippen LogP contribution in [0.25, 0.3) is 0 Å². The van der Waals surface area contributed by atoms with Gasteiger partial charge in [0.25, 0.3) is 0 Å². The number of aromatic nitrogens is 1. The van der Waals surface area contributed by atoms with Crippen LogP contribution in [0.3, 0.4) is 0 Å². The number of aliphatic hydroxyl groups is 2. The molecule has 1 saturated heterocycles. The second kappa shape index (κ2) is 5.88. The van der Waals surface area contributed by atoms with Crippen LogP contribution < -0.4 is 4.74 Å². The molecular weight excluding hydrogens is 274 g/mol. The van der Waals surface area contributed by atoms with E-state index in [1.165, 1.54) is 7.11 Å². The third-order valence-electron chi connectivity index (χ3n) is 3.91. The predicted molar refractivity (Wildman–Crippen MR) is 75.8 cm³/mol. The zero-order chi connectivity index (χ0) is 15.7. The van der Waals surface area contributed by atoms with E-state index in [0.29, 0.717) is 23.4 Å². The van der Waals surface area contributed by atoms with Crippen molar-refractivity contribution in [2.75, 3.05) is 13.7 Å². The smallest absolute Gasteiger partial charge is 0.218 e. The summed E-state index contributed by atoms with van der Waals surface area (Å²) in [6.07, 6.45) is 1.45. The molecule has 0 amide bonds. The molecular formula is C15H23NO5. The lowest BCUT2D eigenvalue weighted by atomic mass is 9.83. The molecule has 21 heavy (non-hydrogen) atoms. The molecule has 118 valence electrons. The van der Waals surface area contributed by atoms with Gasteiger partial charge in [0.15, 0.2) is 5.79 Å². The maximum absolute atomic E-state index is 11.2. The van der Waals surface area contributed by atoms with Gasteiger partial charge in [-0.05, 0) is 31.9 Å². The van der Waals surface area contributed by atoms with Crippen LogP contribution in [0.5, 0.6) is 5.88 Å². The highest BCUT2D eigenvalue weighted by Crippen LogP contribution is 2.40. The van der Waals surface area contributed by atoms with Gasteiger partial charge < -0.3 is 24.4 Å². The number of rotatable bonds is 5. The highest BCUT2D eigenvalue weighted by molar-refractivity contribution is 5.39. The Kier molecular flexibility index (Phi) is 4.53. The summed E-state index contributed by atoms with van der Waals surface area (Å²) < 4.78 is 16.5. The molecule has 0 bridgehead atoms. The Morgan fingerprint density at radius 3 is 2.71 bits per heavy atom. The fourth-order valence-electron chi connectivity index (χ4n) is 2.72. The van der Waals surface area contributed by atoms with E-state index >= 15 is 0 Å². The van der Waals surface area contributed by atoms with Crippen molar-refractivity contribution in [3.8, 4) is 5.88 Å². The van der Waals surface area contributed by atoms with E-state index in [2.05, 4.69) is 4.98 Å². The minimum Gasteiger partial charge on any atom is -0.481 e. The molecule has 2 heterocycles. The molecule has 2 atom stereocenters. The zero-order valence-electron chi connectivity index (χ0n) is 12.9. The lowest BCUT2D eigenvalue weighted by molar-refractivity contribution is -0.173. The molecule has 0 spiro atoms. The maximum Gasteiger partial charge on any atom is 0.218 e. The van der Waals surface area contributed by atoms with Crippen LogP contribution in [0.15, 0.2) is 12.3 Å². The largest absolute Gasteiger partial charge is 0.481 e. The summed E-state index contributed by atoms with van der Waals surface area (Å²) in [4.78, 5) is 4.07. The summed E-state index contributed by atoms with van der Waals surface area (Å²) in [7, 11) is 1.48. The number of nitrogens with zero attached hydrogens (tertiary/aromatic N) is 1. The van der Waals surface area contributed by atoms with E-state index in [1.807, 2.05) is 20.8 Å². The molecule has 1 aromatic rings. The molecule has 1 aromatic heterocycles. The van der Waals surface area contributed by atoms with E-state index in [1.54, 1.807) is 12.3 Å². The number of hydrogen-bond acceptors (Lipinski definition) is 6. The summed E-state index contributed by atoms with van der Waals surface area (Å²) >= 11 is 0. The number of hydrogen-bond donors (Lipinski definition) is 2. The van der Waals surface area contributed by atoms with Gasteiger partial charge in [-0.25, -0.2) is 4.98 Å². The molecule has 1 aliphatic rings. The standard InChI is InChI=1S/C15H23NO5/c1-5-15(18,12-9-20-14(2,3)21-12)11-6-7-16-13(19-4)10(11)8-17/h6-7,12,17-18H,5,8-9H2,1-4H3/t12-,15-/m1/s1. The topological polar surface area (TPSA) is 81.0 Å². The fraction of sp³-hybridized carbons (Fsp3) is 0.667. The van der Waals surface area contributed by atoms with Gasteiger partial charge >= 0.3 is 0 Å². The van der Waals surface area contributed by atoms with E-state index < -0.39 is 17.5 Å². The summed E-state index contributed by atoms with van der Waals surface area (Å²) in [5.74, 6) is -0.426. The normalized spacial score (nSPS) is 23.8. The van der Waals surface area contributed by atoms with Crippen LogP contribution in [0.2, 0.25) is 0 Å². The van der Waals surface area contributed by atoms with Crippen molar-refractivity contribution in [1.29, 1.82) is 0 Å². The average Bonchev–Trinajstić information content (AvgIpc) is 2.86. The second-order valence-electron chi connectivity index (χ2n) is 5.60. The van der Waals surface area contributed by atoms with Crippen molar-refractivity contribution in [1.82, 2.24) is 4.98 Å². The second-order valence-corrected chi connectivity index (χ2v) is 5.60. The van der Waals surface area contributed by atoms with E-state index in [4.69, 9.17) is 14.2 Å². The summed E-state index contributed by atoms with van der Waals surface area (Å²) in [5.41, 5.74) is -0.245. The van der Waals surface area contributed by atoms with Crippen LogP contribution in [-0.4, -0.2) is 40.8 Å². The molecule has 6 heteroatoms. The van der Waals surface area contributed by atoms with Crippen molar-refractivity contribution < 1.29 is 24.4 Å². The maximum atomic E-state index is 11.2. The van der Waals surface area contributed by atoms with Crippen molar-refractivity contribution in [2.24, 2.45) is 0 Å². The molecule has 2 rings (SSSR count). The summed E-state index contributed by atoms with van der Waals surface area (Å²) in [6, 6.07) is 1.69. The van der Waals surface area contributed by atoms with Gasteiger partial charge in [-0.2, -0.15) is 0 Å². The van der Waals surface area contributed by atoms with Crippen molar-refractivity contribution in [3.05, 3.63) is 23.4 Å². The Bertz CT molecular complexity index is 505. The Hall–Kier alpha value is -1.21. The number of methoxy groups -OCH3 is 1. The van der Waals surface area contributed by atoms with Crippen molar-refractivity contribution in [2.45, 2.75) is 51.3 Å². The first-order valence-electron chi connectivity index (χ1n) is 7.05. The monoisotopic (exact) mass is 297 g/mol. The Morgan fingerprint density at radius 1 is 1.52 bits per heavy atom. The van der Waals surface area contributed by atoms with Crippen LogP contribution in [0.1, 0.15) is 38.3 Å². The van der Waals surface area contributed by atoms with Crippen molar-refractivity contribution >= 4 is 0 Å². The number of aliphatic hydroxyl groups excluding tert-OH is 1. The summed E-state index contributed by atoms with van der Waals surface area (Å²) in [6.45, 7) is 5.49. The van der Waals surface area contributed by atoms with Gasteiger partial charge in [0.1, 0.15) is 11.7 Å². The molecule has 1 fully saturated rings. The molecule has 0 radical (unpaired) electrons. The van der Waals surface area contributed by atoms with Gasteiger partial charge in [-0.3, -0.25) is 0 Å². The van der Waals surface area contributed by atoms with E-state index in [-0.39, 0.29) is 13.2 Å². The Morgan fingerprint density at radius 2 is 2.24 bits per heavy atom. The van der Waals surface area contributed by atoms with E-state index in [9.17, 15) is 10.2 Å². The van der Waals surface area contributed by atoms with Gasteiger partial charge in [0.2, 0.25) is 5.88 Å². The molecule has 0 aromatic carbocycles. The first-order chi connectivity index (χ1) is 9.88. The fourth-order valence-corrected chi connectivity index (χ4v) is 2.72. The highest BCUT2D eigenvalue weighted by atomic mass is 16.7. The van der Waals surface area contributed by atoms with Crippen molar-refractivity contribution in [3.63, 3.8) is 0 Å². The van der Waals surface area contributed by atoms with Gasteiger partial charge in [-0.15, -0.1) is 0 Å².